The molecule has 8 nitrogen and oxygen atoms in total. The van der Waals surface area contributed by atoms with Crippen molar-refractivity contribution in [2.24, 2.45) is 17.8 Å². The van der Waals surface area contributed by atoms with Gasteiger partial charge in [-0.15, -0.1) is 0 Å². The minimum Gasteiger partial charge on any atom is -0.478 e. The first kappa shape index (κ1) is 50.6. The predicted molar refractivity (Wildman–Crippen MR) is 225 cm³/mol. The number of ether oxygens (including phenoxy) is 3. The number of hydrogen-bond acceptors (Lipinski definition) is 6. The average molecular weight is 775 g/mol. The van der Waals surface area contributed by atoms with Gasteiger partial charge in [-0.05, 0) is 90.9 Å². The normalized spacial score (nSPS) is 20.3. The van der Waals surface area contributed by atoms with Gasteiger partial charge in [-0.1, -0.05) is 154 Å². The Labute approximate surface area is 336 Å². The molecular formula is C47H82O8. The topological polar surface area (TPSA) is 119 Å². The van der Waals surface area contributed by atoms with Crippen LogP contribution in [0.3, 0.4) is 0 Å². The molecule has 3 aliphatic carbocycles. The van der Waals surface area contributed by atoms with E-state index in [9.17, 15) is 19.5 Å². The van der Waals surface area contributed by atoms with Crippen LogP contribution in [0.1, 0.15) is 208 Å². The number of carboxylic acid groups (broad SMARTS) is 2. The Hall–Kier alpha value is -2.45. The second-order valence-corrected chi connectivity index (χ2v) is 16.4. The molecule has 0 radical (unpaired) electrons. The van der Waals surface area contributed by atoms with Crippen LogP contribution in [0.15, 0.2) is 35.5 Å². The lowest BCUT2D eigenvalue weighted by Gasteiger charge is -2.34. The first-order valence-electron chi connectivity index (χ1n) is 22.4. The maximum absolute atomic E-state index is 13.2. The fourth-order valence-electron chi connectivity index (χ4n) is 8.47. The average Bonchev–Trinajstić information content (AvgIpc) is 3.14. The smallest absolute Gasteiger partial charge is 0.335 e. The summed E-state index contributed by atoms with van der Waals surface area (Å²) < 4.78 is 15.2. The van der Waals surface area contributed by atoms with E-state index in [0.717, 1.165) is 18.4 Å². The Morgan fingerprint density at radius 3 is 1.11 bits per heavy atom. The van der Waals surface area contributed by atoms with Crippen LogP contribution in [0.25, 0.3) is 0 Å². The summed E-state index contributed by atoms with van der Waals surface area (Å²) >= 11 is 0. The van der Waals surface area contributed by atoms with Crippen LogP contribution in [0, 0.1) is 17.8 Å². The van der Waals surface area contributed by atoms with Gasteiger partial charge in [0, 0.05) is 23.3 Å². The molecule has 55 heavy (non-hydrogen) atoms. The number of rotatable bonds is 11. The summed E-state index contributed by atoms with van der Waals surface area (Å²) in [5.74, 6) is -0.580. The van der Waals surface area contributed by atoms with Crippen molar-refractivity contribution in [2.45, 2.75) is 221 Å². The van der Waals surface area contributed by atoms with E-state index in [1.165, 1.54) is 173 Å². The van der Waals surface area contributed by atoms with Gasteiger partial charge < -0.3 is 24.4 Å². The van der Waals surface area contributed by atoms with E-state index in [2.05, 4.69) is 13.2 Å². The van der Waals surface area contributed by atoms with Gasteiger partial charge in [0.2, 0.25) is 6.29 Å². The lowest BCUT2D eigenvalue weighted by atomic mass is 9.71. The largest absolute Gasteiger partial charge is 0.478 e. The van der Waals surface area contributed by atoms with E-state index >= 15 is 0 Å². The zero-order valence-corrected chi connectivity index (χ0v) is 35.9. The number of hydrogen-bond donors (Lipinski definition) is 2. The molecule has 0 saturated heterocycles. The molecule has 3 saturated carbocycles. The first-order valence-corrected chi connectivity index (χ1v) is 22.4. The SMILES string of the molecule is C=C(C)C(=O)O.C=C(C)C(=O)OC(C)OC(C)OCC.O=C(O)C(=C(C1CCCCCCCCC1)C1CCCCCCCCC1)C1CCCCCCCCC1. The second kappa shape index (κ2) is 31.6. The zero-order chi connectivity index (χ0) is 40.8. The van der Waals surface area contributed by atoms with E-state index in [1.54, 1.807) is 20.8 Å². The Balaban J connectivity index is 0.000000624. The molecule has 318 valence electrons. The van der Waals surface area contributed by atoms with E-state index in [4.69, 9.17) is 19.3 Å². The summed E-state index contributed by atoms with van der Waals surface area (Å²) in [7, 11) is 0. The van der Waals surface area contributed by atoms with Crippen molar-refractivity contribution < 1.29 is 38.8 Å². The third-order valence-electron chi connectivity index (χ3n) is 11.4. The van der Waals surface area contributed by atoms with Crippen LogP contribution in [0.5, 0.6) is 0 Å². The molecule has 0 heterocycles. The van der Waals surface area contributed by atoms with Gasteiger partial charge in [-0.3, -0.25) is 0 Å². The molecule has 0 spiro atoms. The number of carbonyl (C=O) groups is 3. The highest BCUT2D eigenvalue weighted by Crippen LogP contribution is 2.42. The monoisotopic (exact) mass is 775 g/mol. The van der Waals surface area contributed by atoms with Crippen molar-refractivity contribution in [3.05, 3.63) is 35.5 Å². The molecule has 0 bridgehead atoms. The van der Waals surface area contributed by atoms with Crippen LogP contribution in [0.2, 0.25) is 0 Å². The molecule has 0 aliphatic heterocycles. The van der Waals surface area contributed by atoms with Crippen molar-refractivity contribution in [1.82, 2.24) is 0 Å². The molecule has 8 heteroatoms. The Kier molecular flexibility index (Phi) is 29.1. The summed E-state index contributed by atoms with van der Waals surface area (Å²) in [6, 6.07) is 0. The maximum Gasteiger partial charge on any atom is 0.335 e. The second-order valence-electron chi connectivity index (χ2n) is 16.4. The Morgan fingerprint density at radius 2 is 0.836 bits per heavy atom. The van der Waals surface area contributed by atoms with E-state index in [-0.39, 0.29) is 11.9 Å². The highest BCUT2D eigenvalue weighted by atomic mass is 16.8. The number of carbonyl (C=O) groups excluding carboxylic acids is 1. The number of aliphatic carboxylic acids is 2. The molecular weight excluding hydrogens is 693 g/mol. The van der Waals surface area contributed by atoms with E-state index in [0.29, 0.717) is 29.9 Å². The number of carboxylic acids is 2. The summed E-state index contributed by atoms with van der Waals surface area (Å²) in [6.07, 6.45) is 34.2. The third-order valence-corrected chi connectivity index (χ3v) is 11.4. The summed E-state index contributed by atoms with van der Waals surface area (Å²) in [5.41, 5.74) is 2.95. The number of allylic oxidation sites excluding steroid dienone is 1. The molecule has 2 N–H and O–H groups in total. The van der Waals surface area contributed by atoms with Crippen molar-refractivity contribution in [1.29, 1.82) is 0 Å². The van der Waals surface area contributed by atoms with Gasteiger partial charge >= 0.3 is 17.9 Å². The zero-order valence-electron chi connectivity index (χ0n) is 35.9. The van der Waals surface area contributed by atoms with Crippen molar-refractivity contribution in [2.75, 3.05) is 6.61 Å². The highest BCUT2D eigenvalue weighted by Gasteiger charge is 2.32. The molecule has 0 aromatic rings. The van der Waals surface area contributed by atoms with Gasteiger partial charge in [0.05, 0.1) is 0 Å². The lowest BCUT2D eigenvalue weighted by Crippen LogP contribution is -2.25. The Morgan fingerprint density at radius 1 is 0.527 bits per heavy atom. The van der Waals surface area contributed by atoms with Crippen molar-refractivity contribution >= 4 is 17.9 Å². The fraction of sp³-hybridized carbons (Fsp3) is 0.809. The minimum absolute atomic E-state index is 0.176. The third kappa shape index (κ3) is 24.0. The Bertz CT molecular complexity index is 1060. The minimum atomic E-state index is -0.935. The van der Waals surface area contributed by atoms with Gasteiger partial charge in [0.25, 0.3) is 0 Å². The first-order chi connectivity index (χ1) is 26.4. The molecule has 0 amide bonds. The van der Waals surface area contributed by atoms with Gasteiger partial charge in [-0.25, -0.2) is 14.4 Å². The molecule has 3 fully saturated rings. The van der Waals surface area contributed by atoms with Gasteiger partial charge in [-0.2, -0.15) is 0 Å². The van der Waals surface area contributed by atoms with Crippen LogP contribution in [-0.2, 0) is 28.6 Å². The highest BCUT2D eigenvalue weighted by molar-refractivity contribution is 5.88. The van der Waals surface area contributed by atoms with E-state index < -0.39 is 24.2 Å². The summed E-state index contributed by atoms with van der Waals surface area (Å²) in [5, 5.41) is 18.7. The van der Waals surface area contributed by atoms with Crippen LogP contribution in [-0.4, -0.2) is 47.3 Å². The van der Waals surface area contributed by atoms with Crippen LogP contribution < -0.4 is 0 Å². The van der Waals surface area contributed by atoms with Gasteiger partial charge in [0.1, 0.15) is 0 Å². The molecule has 3 aliphatic rings. The summed E-state index contributed by atoms with van der Waals surface area (Å²) in [4.78, 5) is 33.8. The van der Waals surface area contributed by atoms with Crippen molar-refractivity contribution in [3.8, 4) is 0 Å². The van der Waals surface area contributed by atoms with Crippen LogP contribution in [0.4, 0.5) is 0 Å². The summed E-state index contributed by atoms with van der Waals surface area (Å²) in [6.45, 7) is 15.5. The van der Waals surface area contributed by atoms with Crippen molar-refractivity contribution in [3.63, 3.8) is 0 Å². The molecule has 2 atom stereocenters. The van der Waals surface area contributed by atoms with Gasteiger partial charge in [0.15, 0.2) is 6.29 Å². The standard InChI is InChI=1S/C33H58O2.C10H18O4.C4H6O2/c34-33(35)32(30-26-20-14-8-3-9-15-21-27-30)31(28-22-16-10-4-1-5-11-17-23-28)29-24-18-12-6-2-7-13-19-25-29;1-6-12-8(4)13-9(5)14-10(11)7(2)3;1-3(2)4(5)6/h28-30H,1-27H2,(H,34,35);8-9H,2,6H2,1,3-5H3;1H2,2H3,(H,5,6). The van der Waals surface area contributed by atoms with E-state index in [1.807, 2.05) is 6.92 Å². The molecule has 0 aromatic heterocycles. The molecule has 2 unspecified atom stereocenters. The molecule has 3 rings (SSSR count). The predicted octanol–water partition coefficient (Wildman–Crippen LogP) is 13.3. The quantitative estimate of drug-likeness (QED) is 0.121. The molecule has 0 aromatic carbocycles. The lowest BCUT2D eigenvalue weighted by molar-refractivity contribution is -0.225. The fourth-order valence-corrected chi connectivity index (χ4v) is 8.47. The number of esters is 1. The van der Waals surface area contributed by atoms with Crippen LogP contribution >= 0.6 is 0 Å². The maximum atomic E-state index is 13.2.